The lowest BCUT2D eigenvalue weighted by molar-refractivity contribution is -0.125. The molecule has 1 atom stereocenters. The molecule has 1 aromatic heterocycles. The summed E-state index contributed by atoms with van der Waals surface area (Å²) in [6.45, 7) is 2.27. The van der Waals surface area contributed by atoms with Crippen molar-refractivity contribution in [2.24, 2.45) is 23.2 Å². The molecule has 1 amide bonds. The number of hydrogen-bond acceptors (Lipinski definition) is 1. The Morgan fingerprint density at radius 1 is 1.15 bits per heavy atom. The number of nitrogens with one attached hydrogen (secondary N) is 2. The first-order chi connectivity index (χ1) is 12.6. The molecular weight excluding hydrogens is 320 g/mol. The van der Waals surface area contributed by atoms with Gasteiger partial charge in [0.1, 0.15) is 0 Å². The molecule has 0 aliphatic heterocycles. The van der Waals surface area contributed by atoms with E-state index in [1.165, 1.54) is 49.5 Å². The molecule has 3 nitrogen and oxygen atoms in total. The third-order valence-electron chi connectivity index (χ3n) is 7.68. The first kappa shape index (κ1) is 16.4. The summed E-state index contributed by atoms with van der Waals surface area (Å²) in [4.78, 5) is 16.0. The van der Waals surface area contributed by atoms with E-state index in [2.05, 4.69) is 41.6 Å². The molecule has 138 valence electrons. The summed E-state index contributed by atoms with van der Waals surface area (Å²) in [7, 11) is 0. The van der Waals surface area contributed by atoms with Gasteiger partial charge in [-0.25, -0.2) is 0 Å². The van der Waals surface area contributed by atoms with E-state index >= 15 is 0 Å². The van der Waals surface area contributed by atoms with Gasteiger partial charge in [-0.2, -0.15) is 0 Å². The van der Waals surface area contributed by atoms with Crippen LogP contribution in [0.2, 0.25) is 0 Å². The molecule has 0 saturated heterocycles. The third kappa shape index (κ3) is 2.76. The van der Waals surface area contributed by atoms with Crippen LogP contribution < -0.4 is 5.32 Å². The number of carbonyl (C=O) groups excluding carboxylic acids is 1. The highest BCUT2D eigenvalue weighted by Crippen LogP contribution is 2.61. The zero-order valence-electron chi connectivity index (χ0n) is 15.8. The van der Waals surface area contributed by atoms with Gasteiger partial charge in [0.05, 0.1) is 0 Å². The Bertz CT molecular complexity index is 785. The smallest absolute Gasteiger partial charge is 0.220 e. The quantitative estimate of drug-likeness (QED) is 0.798. The zero-order chi connectivity index (χ0) is 17.7. The number of rotatable bonds is 5. The fourth-order valence-electron chi connectivity index (χ4n) is 6.76. The first-order valence-corrected chi connectivity index (χ1v) is 10.5. The summed E-state index contributed by atoms with van der Waals surface area (Å²) in [5.74, 6) is 3.03. The van der Waals surface area contributed by atoms with E-state index in [1.54, 1.807) is 0 Å². The maximum Gasteiger partial charge on any atom is 0.220 e. The second kappa shape index (κ2) is 6.14. The Morgan fingerprint density at radius 2 is 1.81 bits per heavy atom. The van der Waals surface area contributed by atoms with Gasteiger partial charge in [0.25, 0.3) is 0 Å². The van der Waals surface area contributed by atoms with Crippen molar-refractivity contribution in [3.63, 3.8) is 0 Å². The molecule has 1 heterocycles. The van der Waals surface area contributed by atoms with Crippen molar-refractivity contribution >= 4 is 16.8 Å². The number of hydrogen-bond donors (Lipinski definition) is 2. The molecule has 0 radical (unpaired) electrons. The number of aromatic amines is 1. The molecule has 2 aromatic rings. The minimum atomic E-state index is 0.221. The van der Waals surface area contributed by atoms with E-state index in [1.807, 2.05) is 6.07 Å². The van der Waals surface area contributed by atoms with Crippen molar-refractivity contribution < 1.29 is 4.79 Å². The number of benzene rings is 1. The van der Waals surface area contributed by atoms with E-state index in [4.69, 9.17) is 0 Å². The van der Waals surface area contributed by atoms with Crippen molar-refractivity contribution in [3.8, 4) is 0 Å². The van der Waals surface area contributed by atoms with E-state index in [0.717, 1.165) is 29.7 Å². The lowest BCUT2D eigenvalue weighted by Gasteiger charge is -2.59. The van der Waals surface area contributed by atoms with Gasteiger partial charge >= 0.3 is 0 Å². The zero-order valence-corrected chi connectivity index (χ0v) is 15.8. The molecule has 26 heavy (non-hydrogen) atoms. The van der Waals surface area contributed by atoms with E-state index < -0.39 is 0 Å². The molecule has 4 aliphatic carbocycles. The van der Waals surface area contributed by atoms with Gasteiger partial charge in [-0.1, -0.05) is 18.2 Å². The first-order valence-electron chi connectivity index (χ1n) is 10.5. The van der Waals surface area contributed by atoms with E-state index in [9.17, 15) is 4.79 Å². The normalized spacial score (nSPS) is 33.5. The summed E-state index contributed by atoms with van der Waals surface area (Å²) in [6, 6.07) is 8.66. The molecule has 4 bridgehead atoms. The predicted molar refractivity (Wildman–Crippen MR) is 105 cm³/mol. The molecular formula is C23H30N2O. The van der Waals surface area contributed by atoms with E-state index in [-0.39, 0.29) is 5.91 Å². The van der Waals surface area contributed by atoms with Crippen molar-refractivity contribution in [1.82, 2.24) is 10.3 Å². The van der Waals surface area contributed by atoms with Crippen LogP contribution >= 0.6 is 0 Å². The van der Waals surface area contributed by atoms with Crippen molar-refractivity contribution in [1.29, 1.82) is 0 Å². The second-order valence-corrected chi connectivity index (χ2v) is 9.43. The molecule has 0 spiro atoms. The maximum absolute atomic E-state index is 12.7. The van der Waals surface area contributed by atoms with Gasteiger partial charge in [0.2, 0.25) is 5.91 Å². The summed E-state index contributed by atoms with van der Waals surface area (Å²) in [6.07, 6.45) is 11.9. The number of carbonyl (C=O) groups is 1. The molecule has 1 aromatic carbocycles. The van der Waals surface area contributed by atoms with Crippen LogP contribution in [0, 0.1) is 23.2 Å². The Kier molecular flexibility index (Phi) is 3.88. The summed E-state index contributed by atoms with van der Waals surface area (Å²) >= 11 is 0. The Morgan fingerprint density at radius 3 is 2.50 bits per heavy atom. The molecule has 3 heteroatoms. The van der Waals surface area contributed by atoms with Crippen LogP contribution in [0.4, 0.5) is 0 Å². The monoisotopic (exact) mass is 350 g/mol. The van der Waals surface area contributed by atoms with E-state index in [0.29, 0.717) is 17.9 Å². The van der Waals surface area contributed by atoms with Crippen LogP contribution in [-0.2, 0) is 11.2 Å². The van der Waals surface area contributed by atoms with Crippen LogP contribution in [0.1, 0.15) is 57.4 Å². The van der Waals surface area contributed by atoms with Gasteiger partial charge in [0.15, 0.2) is 0 Å². The van der Waals surface area contributed by atoms with Crippen molar-refractivity contribution in [2.75, 3.05) is 0 Å². The van der Waals surface area contributed by atoms with Gasteiger partial charge < -0.3 is 10.3 Å². The Hall–Kier alpha value is -1.77. The Balaban J connectivity index is 1.22. The summed E-state index contributed by atoms with van der Waals surface area (Å²) in [5.41, 5.74) is 2.80. The Labute approximate surface area is 155 Å². The fraction of sp³-hybridized carbons (Fsp3) is 0.609. The molecule has 4 fully saturated rings. The van der Waals surface area contributed by atoms with Gasteiger partial charge in [-0.05, 0) is 86.7 Å². The molecule has 2 N–H and O–H groups in total. The number of H-pyrrole nitrogens is 1. The standard InChI is InChI=1S/C23H30N2O/c1-15(23-11-16-8-17(12-23)10-18(9-16)13-23)25-22(26)7-6-19-14-24-21-5-3-2-4-20(19)21/h2-5,14-18,24H,6-13H2,1H3,(H,25,26)/t15-,16?,17?,18?,23?/m0/s1. The fourth-order valence-corrected chi connectivity index (χ4v) is 6.76. The minimum Gasteiger partial charge on any atom is -0.361 e. The number of aromatic nitrogens is 1. The predicted octanol–water partition coefficient (Wildman–Crippen LogP) is 4.82. The van der Waals surface area contributed by atoms with Gasteiger partial charge in [0, 0.05) is 29.6 Å². The van der Waals surface area contributed by atoms with Gasteiger partial charge in [-0.15, -0.1) is 0 Å². The lowest BCUT2D eigenvalue weighted by Crippen LogP contribution is -2.55. The van der Waals surface area contributed by atoms with Crippen LogP contribution in [0.15, 0.2) is 30.5 Å². The molecule has 6 rings (SSSR count). The van der Waals surface area contributed by atoms with Crippen molar-refractivity contribution in [3.05, 3.63) is 36.0 Å². The largest absolute Gasteiger partial charge is 0.361 e. The number of amides is 1. The van der Waals surface area contributed by atoms with Crippen LogP contribution in [0.25, 0.3) is 10.9 Å². The summed E-state index contributed by atoms with van der Waals surface area (Å²) in [5, 5.41) is 4.64. The average Bonchev–Trinajstić information content (AvgIpc) is 3.02. The topological polar surface area (TPSA) is 44.9 Å². The average molecular weight is 351 g/mol. The van der Waals surface area contributed by atoms with Crippen LogP contribution in [0.5, 0.6) is 0 Å². The van der Waals surface area contributed by atoms with Gasteiger partial charge in [-0.3, -0.25) is 4.79 Å². The maximum atomic E-state index is 12.7. The van der Waals surface area contributed by atoms with Crippen LogP contribution in [0.3, 0.4) is 0 Å². The number of aryl methyl sites for hydroxylation is 1. The number of fused-ring (bicyclic) bond motifs is 1. The second-order valence-electron chi connectivity index (χ2n) is 9.43. The van der Waals surface area contributed by atoms with Crippen LogP contribution in [-0.4, -0.2) is 16.9 Å². The molecule has 0 unspecified atom stereocenters. The minimum absolute atomic E-state index is 0.221. The third-order valence-corrected chi connectivity index (χ3v) is 7.68. The highest BCUT2D eigenvalue weighted by Gasteiger charge is 2.53. The number of para-hydroxylation sites is 1. The molecule has 4 saturated carbocycles. The lowest BCUT2D eigenvalue weighted by atomic mass is 9.48. The highest BCUT2D eigenvalue weighted by atomic mass is 16.1. The summed E-state index contributed by atoms with van der Waals surface area (Å²) < 4.78 is 0. The SMILES string of the molecule is C[C@H](NC(=O)CCc1c[nH]c2ccccc12)C12CC3CC(CC(C3)C1)C2. The molecule has 4 aliphatic rings. The van der Waals surface area contributed by atoms with Crippen molar-refractivity contribution in [2.45, 2.75) is 64.3 Å². The highest BCUT2D eigenvalue weighted by molar-refractivity contribution is 5.84.